The molecular formula is C53H46N4O9. The number of ether oxygens (including phenoxy) is 3. The van der Waals surface area contributed by atoms with E-state index in [-0.39, 0.29) is 34.3 Å². The summed E-state index contributed by atoms with van der Waals surface area (Å²) in [6.07, 6.45) is -0.352. The molecule has 7 aromatic rings. The van der Waals surface area contributed by atoms with Crippen LogP contribution in [0.4, 0.5) is 4.79 Å². The van der Waals surface area contributed by atoms with Crippen LogP contribution >= 0.6 is 0 Å². The number of aromatic nitrogens is 2. The minimum Gasteiger partial charge on any atom is -0.454 e. The second-order valence-corrected chi connectivity index (χ2v) is 17.3. The summed E-state index contributed by atoms with van der Waals surface area (Å²) >= 11 is 0. The van der Waals surface area contributed by atoms with Gasteiger partial charge in [0, 0.05) is 58.9 Å². The van der Waals surface area contributed by atoms with Gasteiger partial charge in [-0.25, -0.2) is 9.59 Å². The number of fused-ring (bicyclic) bond motifs is 2. The number of carbonyl (C=O) groups excluding carboxylic acids is 6. The summed E-state index contributed by atoms with van der Waals surface area (Å²) < 4.78 is 21.9. The van der Waals surface area contributed by atoms with Crippen LogP contribution in [-0.2, 0) is 23.8 Å². The number of para-hydroxylation sites is 2. The first kappa shape index (κ1) is 43.4. The third-order valence-corrected chi connectivity index (χ3v) is 11.9. The Bertz CT molecular complexity index is 3040. The monoisotopic (exact) mass is 882 g/mol. The fourth-order valence-corrected chi connectivity index (χ4v) is 8.86. The molecule has 2 aromatic heterocycles. The molecule has 2 aliphatic heterocycles. The van der Waals surface area contributed by atoms with Crippen LogP contribution in [0.15, 0.2) is 152 Å². The molecule has 13 nitrogen and oxygen atoms in total. The maximum Gasteiger partial charge on any atom is 0.419 e. The van der Waals surface area contributed by atoms with Gasteiger partial charge < -0.3 is 18.8 Å². The summed E-state index contributed by atoms with van der Waals surface area (Å²) in [5.74, 6) is -2.96. The number of amides is 4. The number of esters is 1. The second-order valence-electron chi connectivity index (χ2n) is 17.3. The Labute approximate surface area is 380 Å². The van der Waals surface area contributed by atoms with E-state index in [0.29, 0.717) is 32.9 Å². The highest BCUT2D eigenvalue weighted by molar-refractivity contribution is 6.50. The molecule has 0 bridgehead atoms. The number of hydrogen-bond acceptors (Lipinski definition) is 9. The third-order valence-electron chi connectivity index (χ3n) is 11.9. The van der Waals surface area contributed by atoms with Crippen LogP contribution in [0.25, 0.3) is 33.0 Å². The van der Waals surface area contributed by atoms with Crippen LogP contribution in [0, 0.1) is 0 Å². The quantitative estimate of drug-likeness (QED) is 0.108. The molecule has 0 N–H and O–H groups in total. The molecule has 0 unspecified atom stereocenters. The zero-order valence-corrected chi connectivity index (χ0v) is 36.9. The lowest BCUT2D eigenvalue weighted by Crippen LogP contribution is -2.58. The van der Waals surface area contributed by atoms with Crippen LogP contribution in [0.5, 0.6) is 0 Å². The van der Waals surface area contributed by atoms with Gasteiger partial charge in [0.1, 0.15) is 17.9 Å². The van der Waals surface area contributed by atoms with Crippen LogP contribution < -0.4 is 0 Å². The lowest BCUT2D eigenvalue weighted by atomic mass is 9.94. The molecule has 4 amide bonds. The number of likely N-dealkylation sites (N-methyl/N-ethyl adjacent to an activating group) is 1. The number of hydrogen-bond donors (Lipinski definition) is 0. The summed E-state index contributed by atoms with van der Waals surface area (Å²) in [6, 6.07) is 38.7. The van der Waals surface area contributed by atoms with Gasteiger partial charge in [-0.15, -0.1) is 0 Å². The Balaban J connectivity index is 1.20. The number of benzene rings is 5. The Hall–Kier alpha value is -7.90. The Morgan fingerprint density at radius 1 is 0.636 bits per heavy atom. The molecular weight excluding hydrogens is 837 g/mol. The van der Waals surface area contributed by atoms with Gasteiger partial charge >= 0.3 is 12.1 Å². The van der Waals surface area contributed by atoms with Crippen molar-refractivity contribution in [2.45, 2.75) is 64.2 Å². The average molecular weight is 883 g/mol. The van der Waals surface area contributed by atoms with Gasteiger partial charge in [-0.1, -0.05) is 91.0 Å². The average Bonchev–Trinajstić information content (AvgIpc) is 3.96. The lowest BCUT2D eigenvalue weighted by molar-refractivity contribution is -0.162. The topological polar surface area (TPSA) is 146 Å². The molecule has 2 aliphatic rings. The van der Waals surface area contributed by atoms with Gasteiger partial charge in [0.15, 0.2) is 0 Å². The standard InChI is InChI=1S/C53H46N4O9/c1-32-46(65-51(62)35-23-13-8-14-24-35)42(57(47(58)33-19-9-6-10-20-33)48(59)34-21-11-7-12-22-34)29-43(64-32)55-30-38(36-25-15-17-27-40(36)55)44-45(50(61)54(5)49(44)60)39-31-56(52(63)66-53(2,3)4)41-28-18-16-26-37(39)41/h6-28,30-32,42-43,46H,29H2,1-5H3/t32-,42-,43+,46+/m0/s1. The molecule has 5 aromatic carbocycles. The smallest absolute Gasteiger partial charge is 0.419 e. The predicted octanol–water partition coefficient (Wildman–Crippen LogP) is 9.17. The first-order valence-electron chi connectivity index (χ1n) is 21.6. The zero-order valence-electron chi connectivity index (χ0n) is 36.9. The summed E-state index contributed by atoms with van der Waals surface area (Å²) in [6.45, 7) is 7.01. The van der Waals surface area contributed by atoms with Crippen molar-refractivity contribution >= 4 is 68.6 Å². The molecule has 9 rings (SSSR count). The Kier molecular flexibility index (Phi) is 11.3. The van der Waals surface area contributed by atoms with E-state index in [0.717, 1.165) is 4.90 Å². The molecule has 4 atom stereocenters. The predicted molar refractivity (Wildman–Crippen MR) is 247 cm³/mol. The van der Waals surface area contributed by atoms with Gasteiger partial charge in [-0.3, -0.25) is 33.5 Å². The first-order chi connectivity index (χ1) is 31.7. The highest BCUT2D eigenvalue weighted by atomic mass is 16.6. The van der Waals surface area contributed by atoms with Crippen molar-refractivity contribution in [1.29, 1.82) is 0 Å². The van der Waals surface area contributed by atoms with Crippen LogP contribution in [0.1, 0.15) is 82.5 Å². The molecule has 4 heterocycles. The van der Waals surface area contributed by atoms with Crippen molar-refractivity contribution in [3.05, 3.63) is 180 Å². The van der Waals surface area contributed by atoms with Gasteiger partial charge in [-0.2, -0.15) is 0 Å². The first-order valence-corrected chi connectivity index (χ1v) is 21.6. The van der Waals surface area contributed by atoms with E-state index in [1.165, 1.54) is 22.7 Å². The van der Waals surface area contributed by atoms with E-state index in [2.05, 4.69) is 0 Å². The summed E-state index contributed by atoms with van der Waals surface area (Å²) in [7, 11) is 1.42. The van der Waals surface area contributed by atoms with E-state index in [4.69, 9.17) is 14.2 Å². The molecule has 0 aliphatic carbocycles. The minimum absolute atomic E-state index is 0.0472. The van der Waals surface area contributed by atoms with E-state index in [1.54, 1.807) is 149 Å². The van der Waals surface area contributed by atoms with Gasteiger partial charge in [0.25, 0.3) is 23.6 Å². The van der Waals surface area contributed by atoms with Gasteiger partial charge in [0.05, 0.1) is 39.9 Å². The molecule has 1 saturated heterocycles. The van der Waals surface area contributed by atoms with Crippen molar-refractivity contribution in [2.75, 3.05) is 7.05 Å². The zero-order chi connectivity index (χ0) is 46.4. The van der Waals surface area contributed by atoms with Gasteiger partial charge in [0.2, 0.25) is 0 Å². The lowest BCUT2D eigenvalue weighted by Gasteiger charge is -2.44. The molecule has 332 valence electrons. The fourth-order valence-electron chi connectivity index (χ4n) is 8.86. The van der Waals surface area contributed by atoms with Crippen molar-refractivity contribution in [1.82, 2.24) is 18.9 Å². The van der Waals surface area contributed by atoms with Crippen molar-refractivity contribution < 1.29 is 43.0 Å². The maximum absolute atomic E-state index is 14.8. The van der Waals surface area contributed by atoms with Crippen LogP contribution in [0.2, 0.25) is 0 Å². The number of imide groups is 2. The minimum atomic E-state index is -1.13. The highest BCUT2D eigenvalue weighted by Crippen LogP contribution is 2.44. The molecule has 0 spiro atoms. The van der Waals surface area contributed by atoms with E-state index >= 15 is 0 Å². The third kappa shape index (κ3) is 7.87. The van der Waals surface area contributed by atoms with E-state index in [1.807, 2.05) is 28.8 Å². The van der Waals surface area contributed by atoms with Crippen LogP contribution in [-0.4, -0.2) is 85.5 Å². The van der Waals surface area contributed by atoms with Crippen molar-refractivity contribution in [3.63, 3.8) is 0 Å². The van der Waals surface area contributed by atoms with Crippen molar-refractivity contribution in [2.24, 2.45) is 0 Å². The van der Waals surface area contributed by atoms with Crippen LogP contribution in [0.3, 0.4) is 0 Å². The van der Waals surface area contributed by atoms with E-state index in [9.17, 15) is 28.8 Å². The SMILES string of the molecule is C[C@@H]1O[C@@H](n2cc(C3=C(c4cn(C(=O)OC(C)(C)C)c5ccccc45)C(=O)N(C)C3=O)c3ccccc32)C[C@H](N(C(=O)c2ccccc2)C(=O)c2ccccc2)[C@@H]1OC(=O)c1ccccc1. The normalized spacial score (nSPS) is 18.8. The summed E-state index contributed by atoms with van der Waals surface area (Å²) in [4.78, 5) is 88.0. The molecule has 66 heavy (non-hydrogen) atoms. The number of nitrogens with zero attached hydrogens (tertiary/aromatic N) is 4. The van der Waals surface area contributed by atoms with E-state index < -0.39 is 65.8 Å². The number of carbonyl (C=O) groups is 6. The molecule has 0 saturated carbocycles. The summed E-state index contributed by atoms with van der Waals surface area (Å²) in [5, 5.41) is 1.17. The second kappa shape index (κ2) is 17.2. The molecule has 1 fully saturated rings. The Morgan fingerprint density at radius 3 is 1.65 bits per heavy atom. The highest BCUT2D eigenvalue weighted by Gasteiger charge is 2.48. The largest absolute Gasteiger partial charge is 0.454 e. The summed E-state index contributed by atoms with van der Waals surface area (Å²) in [5.41, 5.74) is 2.07. The van der Waals surface area contributed by atoms with Gasteiger partial charge in [-0.05, 0) is 76.2 Å². The van der Waals surface area contributed by atoms with Crippen molar-refractivity contribution in [3.8, 4) is 0 Å². The Morgan fingerprint density at radius 2 is 1.11 bits per heavy atom. The fraction of sp³-hybridized carbons (Fsp3) is 0.208. The maximum atomic E-state index is 14.8. The number of rotatable bonds is 8. The molecule has 13 heteroatoms. The molecule has 0 radical (unpaired) electrons.